The van der Waals surface area contributed by atoms with Crippen LogP contribution in [-0.2, 0) is 14.8 Å². The average Bonchev–Trinajstić information content (AvgIpc) is 3.16. The van der Waals surface area contributed by atoms with Gasteiger partial charge in [-0.3, -0.25) is 14.4 Å². The van der Waals surface area contributed by atoms with Crippen molar-refractivity contribution >= 4 is 49.7 Å². The molecule has 3 rings (SSSR count). The number of nitrogens with one attached hydrogen (secondary N) is 1. The number of halogens is 2. The molecule has 0 unspecified atom stereocenters. The van der Waals surface area contributed by atoms with Crippen LogP contribution in [0.1, 0.15) is 18.9 Å². The minimum Gasteiger partial charge on any atom is -0.299 e. The van der Waals surface area contributed by atoms with Crippen LogP contribution in [-0.4, -0.2) is 36.8 Å². The molecular formula is C20H20ClFN4O3S2. The average molecular weight is 483 g/mol. The quantitative estimate of drug-likeness (QED) is 0.535. The highest BCUT2D eigenvalue weighted by Crippen LogP contribution is 2.29. The fourth-order valence-corrected chi connectivity index (χ4v) is 5.09. The molecule has 0 aliphatic rings. The van der Waals surface area contributed by atoms with E-state index in [4.69, 9.17) is 11.6 Å². The maximum atomic E-state index is 13.6. The van der Waals surface area contributed by atoms with E-state index in [0.29, 0.717) is 5.01 Å². The van der Waals surface area contributed by atoms with Crippen LogP contribution in [0.25, 0.3) is 10.6 Å². The highest BCUT2D eigenvalue weighted by atomic mass is 35.5. The standard InChI is InChI=1S/C20H20ClFN4O3S2/c1-4-17(26(31(3,28)29)14-9-10-16(22)15(21)11-14)18(27)23-20-25-24-19(30-20)13-7-5-12(2)6-8-13/h5-11,17H,4H2,1-3H3,(H,23,25,27)/t17-/m0/s1. The molecule has 0 radical (unpaired) electrons. The molecule has 0 bridgehead atoms. The van der Waals surface area contributed by atoms with E-state index in [2.05, 4.69) is 15.5 Å². The predicted molar refractivity (Wildman–Crippen MR) is 122 cm³/mol. The Morgan fingerprint density at radius 2 is 1.90 bits per heavy atom. The number of hydrogen-bond acceptors (Lipinski definition) is 6. The molecule has 31 heavy (non-hydrogen) atoms. The van der Waals surface area contributed by atoms with Crippen LogP contribution in [0.4, 0.5) is 15.2 Å². The summed E-state index contributed by atoms with van der Waals surface area (Å²) < 4.78 is 39.5. The number of hydrogen-bond donors (Lipinski definition) is 1. The topological polar surface area (TPSA) is 92.3 Å². The number of aromatic nitrogens is 2. The summed E-state index contributed by atoms with van der Waals surface area (Å²) in [7, 11) is -3.88. The molecule has 11 heteroatoms. The van der Waals surface area contributed by atoms with Crippen LogP contribution >= 0.6 is 22.9 Å². The Labute approximate surface area is 188 Å². The van der Waals surface area contributed by atoms with Gasteiger partial charge in [-0.15, -0.1) is 10.2 Å². The molecule has 1 aromatic heterocycles. The van der Waals surface area contributed by atoms with Crippen molar-refractivity contribution in [3.63, 3.8) is 0 Å². The molecule has 0 fully saturated rings. The van der Waals surface area contributed by atoms with E-state index in [1.807, 2.05) is 31.2 Å². The van der Waals surface area contributed by atoms with Crippen molar-refractivity contribution in [2.75, 3.05) is 15.9 Å². The van der Waals surface area contributed by atoms with E-state index in [0.717, 1.165) is 27.8 Å². The number of aryl methyl sites for hydroxylation is 1. The largest absolute Gasteiger partial charge is 0.299 e. The molecule has 2 aromatic carbocycles. The van der Waals surface area contributed by atoms with E-state index in [9.17, 15) is 17.6 Å². The number of sulfonamides is 1. The molecule has 0 aliphatic carbocycles. The van der Waals surface area contributed by atoms with E-state index in [1.165, 1.54) is 23.5 Å². The Bertz CT molecular complexity index is 1200. The first-order valence-electron chi connectivity index (χ1n) is 9.26. The molecule has 1 heterocycles. The maximum absolute atomic E-state index is 13.6. The zero-order chi connectivity index (χ0) is 22.8. The molecule has 0 saturated heterocycles. The van der Waals surface area contributed by atoms with E-state index < -0.39 is 27.8 Å². The molecule has 0 aliphatic heterocycles. The van der Waals surface area contributed by atoms with Crippen LogP contribution in [0.2, 0.25) is 5.02 Å². The molecule has 0 spiro atoms. The van der Waals surface area contributed by atoms with E-state index in [1.54, 1.807) is 6.92 Å². The SMILES string of the molecule is CC[C@@H](C(=O)Nc1nnc(-c2ccc(C)cc2)s1)N(c1ccc(F)c(Cl)c1)S(C)(=O)=O. The van der Waals surface area contributed by atoms with Gasteiger partial charge < -0.3 is 0 Å². The Hall–Kier alpha value is -2.56. The number of carbonyl (C=O) groups excluding carboxylic acids is 1. The molecule has 1 atom stereocenters. The fourth-order valence-electron chi connectivity index (χ4n) is 2.96. The van der Waals surface area contributed by atoms with Crippen molar-refractivity contribution in [3.05, 3.63) is 58.9 Å². The summed E-state index contributed by atoms with van der Waals surface area (Å²) in [5, 5.41) is 11.3. The number of rotatable bonds is 7. The van der Waals surface area contributed by atoms with Gasteiger partial charge in [-0.1, -0.05) is 59.7 Å². The zero-order valence-corrected chi connectivity index (χ0v) is 19.4. The van der Waals surface area contributed by atoms with Gasteiger partial charge in [-0.2, -0.15) is 0 Å². The lowest BCUT2D eigenvalue weighted by Gasteiger charge is -2.29. The third kappa shape index (κ3) is 5.38. The van der Waals surface area contributed by atoms with Crippen molar-refractivity contribution in [1.82, 2.24) is 10.2 Å². The minimum absolute atomic E-state index is 0.0912. The molecule has 7 nitrogen and oxygen atoms in total. The van der Waals surface area contributed by atoms with Gasteiger partial charge in [0.1, 0.15) is 16.9 Å². The maximum Gasteiger partial charge on any atom is 0.250 e. The third-order valence-electron chi connectivity index (χ3n) is 4.44. The molecule has 3 aromatic rings. The van der Waals surface area contributed by atoms with Crippen LogP contribution in [0.3, 0.4) is 0 Å². The monoisotopic (exact) mass is 482 g/mol. The number of carbonyl (C=O) groups is 1. The number of nitrogens with zero attached hydrogens (tertiary/aromatic N) is 3. The summed E-state index contributed by atoms with van der Waals surface area (Å²) in [6.07, 6.45) is 1.14. The molecular weight excluding hydrogens is 463 g/mol. The van der Waals surface area contributed by atoms with Gasteiger partial charge >= 0.3 is 0 Å². The Kier molecular flexibility index (Phi) is 6.93. The van der Waals surface area contributed by atoms with Crippen molar-refractivity contribution in [2.24, 2.45) is 0 Å². The summed E-state index contributed by atoms with van der Waals surface area (Å²) in [6, 6.07) is 10.1. The van der Waals surface area contributed by atoms with Gasteiger partial charge in [0.2, 0.25) is 21.1 Å². The summed E-state index contributed by atoms with van der Waals surface area (Å²) in [5.74, 6) is -1.27. The van der Waals surface area contributed by atoms with E-state index >= 15 is 0 Å². The van der Waals surface area contributed by atoms with Gasteiger partial charge in [0.25, 0.3) is 0 Å². The zero-order valence-electron chi connectivity index (χ0n) is 17.0. The third-order valence-corrected chi connectivity index (χ3v) is 6.80. The minimum atomic E-state index is -3.88. The summed E-state index contributed by atoms with van der Waals surface area (Å²) in [6.45, 7) is 3.65. The summed E-state index contributed by atoms with van der Waals surface area (Å²) in [4.78, 5) is 13.0. The van der Waals surface area contributed by atoms with Crippen LogP contribution in [0.15, 0.2) is 42.5 Å². The first-order chi connectivity index (χ1) is 14.6. The van der Waals surface area contributed by atoms with Crippen LogP contribution < -0.4 is 9.62 Å². The second-order valence-electron chi connectivity index (χ2n) is 6.85. The van der Waals surface area contributed by atoms with Crippen LogP contribution in [0, 0.1) is 12.7 Å². The Morgan fingerprint density at radius 1 is 1.23 bits per heavy atom. The van der Waals surface area contributed by atoms with Gasteiger partial charge in [0.05, 0.1) is 17.0 Å². The molecule has 0 saturated carbocycles. The molecule has 1 amide bonds. The Morgan fingerprint density at radius 3 is 2.48 bits per heavy atom. The molecule has 164 valence electrons. The number of benzene rings is 2. The normalized spacial score (nSPS) is 12.4. The van der Waals surface area contributed by atoms with Gasteiger partial charge in [0.15, 0.2) is 0 Å². The lowest BCUT2D eigenvalue weighted by atomic mass is 10.2. The molecule has 1 N–H and O–H groups in total. The lowest BCUT2D eigenvalue weighted by Crippen LogP contribution is -2.47. The van der Waals surface area contributed by atoms with Crippen LogP contribution in [0.5, 0.6) is 0 Å². The Balaban J connectivity index is 1.87. The van der Waals surface area contributed by atoms with E-state index in [-0.39, 0.29) is 22.3 Å². The highest BCUT2D eigenvalue weighted by Gasteiger charge is 2.32. The van der Waals surface area contributed by atoms with Gasteiger partial charge in [-0.25, -0.2) is 12.8 Å². The summed E-state index contributed by atoms with van der Waals surface area (Å²) in [5.41, 5.74) is 2.05. The van der Waals surface area contributed by atoms with Crippen molar-refractivity contribution in [3.8, 4) is 10.6 Å². The second-order valence-corrected chi connectivity index (χ2v) is 10.1. The first kappa shape index (κ1) is 23.1. The van der Waals surface area contributed by atoms with Crippen molar-refractivity contribution < 1.29 is 17.6 Å². The summed E-state index contributed by atoms with van der Waals surface area (Å²) >= 11 is 7.00. The van der Waals surface area contributed by atoms with Crippen molar-refractivity contribution in [2.45, 2.75) is 26.3 Å². The highest BCUT2D eigenvalue weighted by molar-refractivity contribution is 7.92. The first-order valence-corrected chi connectivity index (χ1v) is 12.3. The number of amides is 1. The second kappa shape index (κ2) is 9.29. The smallest absolute Gasteiger partial charge is 0.250 e. The van der Waals surface area contributed by atoms with Gasteiger partial charge in [0, 0.05) is 5.56 Å². The van der Waals surface area contributed by atoms with Gasteiger partial charge in [-0.05, 0) is 31.5 Å². The fraction of sp³-hybridized carbons (Fsp3) is 0.250. The lowest BCUT2D eigenvalue weighted by molar-refractivity contribution is -0.117. The van der Waals surface area contributed by atoms with Crippen molar-refractivity contribution in [1.29, 1.82) is 0 Å². The number of anilines is 2. The predicted octanol–water partition coefficient (Wildman–Crippen LogP) is 4.49.